The molecule has 0 unspecified atom stereocenters. The SMILES string of the molecule is FC(F)(F)C(F)(F)C(F)(F)C(F)(F)C(F)(F)C(F)(F)C(F)(F)C(F)(F)C(F)(F)C(F)(F)C(F)(F)C(F)(F)C(F)(F)C(F)(F)C(F)(F)C(F)(F)C(F)(F)C(F)(F)C(F)(F)C(F)(F)NC(F)(F)C(F)(F)C(F)(F)C(F)(F)C(F)(F)C(F)(F)C(F)(F)C(F)(F)C(F)(F)C(F)(F)C(F)(F)C(F)(F)C(F)(F)C(F)(F)C(F)(F)C(F)(F)C(F)(F)C(F)(F)C(F)(F)C(F)(F)F. The fourth-order valence-electron chi connectivity index (χ4n) is 7.41. The van der Waals surface area contributed by atoms with Gasteiger partial charge in [0, 0.05) is 0 Å². The van der Waals surface area contributed by atoms with Crippen molar-refractivity contribution in [2.75, 3.05) is 0 Å². The lowest BCUT2D eigenvalue weighted by molar-refractivity contribution is -0.497. The first-order valence-electron chi connectivity index (χ1n) is 25.5. The smallest absolute Gasteiger partial charge is 0.192 e. The first-order chi connectivity index (χ1) is 51.2. The summed E-state index contributed by atoms with van der Waals surface area (Å²) in [6.45, 7) is 0. The minimum Gasteiger partial charge on any atom is -0.192 e. The van der Waals surface area contributed by atoms with Crippen molar-refractivity contribution in [3.63, 3.8) is 0 Å². The van der Waals surface area contributed by atoms with E-state index in [1.54, 1.807) is 0 Å². The molecule has 0 amide bonds. The van der Waals surface area contributed by atoms with Crippen LogP contribution in [-0.4, -0.2) is 238 Å². The Labute approximate surface area is 604 Å². The Morgan fingerprint density at radius 2 is 0.114 bits per heavy atom. The van der Waals surface area contributed by atoms with E-state index in [0.717, 1.165) is 0 Å². The molecule has 83 heteroatoms. The van der Waals surface area contributed by atoms with Crippen LogP contribution in [0.15, 0.2) is 0 Å². The highest BCUT2D eigenvalue weighted by atomic mass is 19.5. The Morgan fingerprint density at radius 1 is 0.0650 bits per heavy atom. The van der Waals surface area contributed by atoms with Crippen molar-refractivity contribution in [1.29, 1.82) is 0 Å². The maximum Gasteiger partial charge on any atom is 0.460 e. The van der Waals surface area contributed by atoms with E-state index in [2.05, 4.69) is 0 Å². The van der Waals surface area contributed by atoms with E-state index in [1.807, 2.05) is 0 Å². The lowest BCUT2D eigenvalue weighted by Gasteiger charge is -2.48. The molecule has 0 atom stereocenters. The molecule has 0 bridgehead atoms. The molecule has 0 rings (SSSR count). The predicted octanol–water partition coefficient (Wildman–Crippen LogP) is 25.8. The average Bonchev–Trinajstić information content (AvgIpc) is 0.676. The van der Waals surface area contributed by atoms with E-state index in [1.165, 1.54) is 0 Å². The van der Waals surface area contributed by atoms with Gasteiger partial charge in [-0.3, -0.25) is 0 Å². The van der Waals surface area contributed by atoms with Crippen molar-refractivity contribution >= 4 is 0 Å². The molecule has 0 aliphatic heterocycles. The van der Waals surface area contributed by atoms with Gasteiger partial charge in [-0.25, -0.2) is 0 Å². The monoisotopic (exact) mass is 2050 g/mol. The second-order valence-corrected chi connectivity index (χ2v) is 22.9. The third kappa shape index (κ3) is 12.9. The molecule has 1 nitrogen and oxygen atoms in total. The number of halogens is 82. The van der Waals surface area contributed by atoms with Crippen molar-refractivity contribution < 1.29 is 360 Å². The van der Waals surface area contributed by atoms with Gasteiger partial charge in [-0.1, -0.05) is 0 Å². The molecule has 0 heterocycles. The molecule has 0 saturated carbocycles. The van der Waals surface area contributed by atoms with Gasteiger partial charge in [0.2, 0.25) is 0 Å². The van der Waals surface area contributed by atoms with Crippen LogP contribution in [0.1, 0.15) is 0 Å². The van der Waals surface area contributed by atoms with E-state index in [9.17, 15) is 360 Å². The van der Waals surface area contributed by atoms with Gasteiger partial charge in [0.15, 0.2) is 0 Å². The van der Waals surface area contributed by atoms with Crippen LogP contribution >= 0.6 is 0 Å². The normalized spacial score (nSPS) is 17.7. The molecule has 0 aliphatic carbocycles. The fourth-order valence-corrected chi connectivity index (χ4v) is 7.41. The van der Waals surface area contributed by atoms with Gasteiger partial charge < -0.3 is 0 Å². The highest BCUT2D eigenvalue weighted by Gasteiger charge is 3.08. The molecule has 0 saturated heterocycles. The molecule has 123 heavy (non-hydrogen) atoms. The van der Waals surface area contributed by atoms with Gasteiger partial charge in [0.1, 0.15) is 0 Å². The molecule has 740 valence electrons. The maximum absolute atomic E-state index is 14.4. The fraction of sp³-hybridized carbons (Fsp3) is 1.00. The van der Waals surface area contributed by atoms with Crippen molar-refractivity contribution in [1.82, 2.24) is 5.32 Å². The zero-order valence-electron chi connectivity index (χ0n) is 51.5. The summed E-state index contributed by atoms with van der Waals surface area (Å²) in [6.07, 6.45) is -17.6. The number of nitrogens with one attached hydrogen (secondary N) is 1. The molecular weight excluding hydrogens is 2050 g/mol. The van der Waals surface area contributed by atoms with Crippen molar-refractivity contribution in [2.24, 2.45) is 0 Å². The zero-order valence-corrected chi connectivity index (χ0v) is 51.5. The van der Waals surface area contributed by atoms with E-state index in [-0.39, 0.29) is 0 Å². The van der Waals surface area contributed by atoms with Crippen LogP contribution < -0.4 is 5.32 Å². The standard InChI is InChI=1S/C40HF82N/c41-1(42,5(49,50)9(57,58)13(65,66)17(73,74)21(81,82)25(89,90)29(97,98)33(105,106)37(113,114)115)3(45,46)7(53,54)11(61,62)15(69,70)19(77,78)23(85,86)27(93,94)31(101,102)35(109,110)39(119,120)123-40(121,122)36(111,112)32(103,104)28(95,96)24(87,88)20(79,80)16(71,72)12(63,64)8(55,56)4(47,48)2(43,44)6(51,52)10(59,60)14(67,68)18(75,76)22(83,84)26(91,92)30(99,100)34(107,108)38(116,117)118/h123H. The largest absolute Gasteiger partial charge is 0.460 e. The first kappa shape index (κ1) is 117. The summed E-state index contributed by atoms with van der Waals surface area (Å²) in [5, 5.41) is -3.74. The Morgan fingerprint density at radius 3 is 0.171 bits per heavy atom. The lowest BCUT2D eigenvalue weighted by Crippen LogP contribution is -2.81. The molecule has 0 spiro atoms. The average molecular weight is 2050 g/mol. The van der Waals surface area contributed by atoms with Crippen LogP contribution in [0.25, 0.3) is 0 Å². The molecule has 0 radical (unpaired) electrons. The number of alkyl halides is 82. The van der Waals surface area contributed by atoms with Crippen LogP contribution in [0.3, 0.4) is 0 Å². The van der Waals surface area contributed by atoms with Crippen molar-refractivity contribution in [3.8, 4) is 0 Å². The van der Waals surface area contributed by atoms with Gasteiger partial charge in [-0.15, -0.1) is 0 Å². The third-order valence-electron chi connectivity index (χ3n) is 15.2. The second-order valence-electron chi connectivity index (χ2n) is 22.9. The van der Waals surface area contributed by atoms with Crippen LogP contribution in [0, 0.1) is 0 Å². The Balaban J connectivity index is 8.43. The highest BCUT2D eigenvalue weighted by Crippen LogP contribution is 2.76. The van der Waals surface area contributed by atoms with Gasteiger partial charge in [0.25, 0.3) is 0 Å². The first-order valence-corrected chi connectivity index (χ1v) is 25.5. The molecule has 0 aromatic carbocycles. The van der Waals surface area contributed by atoms with Gasteiger partial charge in [0.05, 0.1) is 0 Å². The third-order valence-corrected chi connectivity index (χ3v) is 15.2. The Hall–Kier alpha value is -5.78. The second kappa shape index (κ2) is 27.9. The number of hydrogen-bond donors (Lipinski definition) is 1. The summed E-state index contributed by atoms with van der Waals surface area (Å²) >= 11 is 0. The van der Waals surface area contributed by atoms with Crippen LogP contribution in [-0.2, 0) is 0 Å². The molecular formula is C40HF82N. The van der Waals surface area contributed by atoms with Crippen LogP contribution in [0.4, 0.5) is 360 Å². The number of hydrogen-bond acceptors (Lipinski definition) is 1. The topological polar surface area (TPSA) is 12.0 Å². The zero-order chi connectivity index (χ0) is 103. The quantitative estimate of drug-likeness (QED) is 0.0480. The lowest BCUT2D eigenvalue weighted by atomic mass is 9.81. The predicted molar refractivity (Wildman–Crippen MR) is 203 cm³/mol. The van der Waals surface area contributed by atoms with Crippen LogP contribution in [0.5, 0.6) is 0 Å². The summed E-state index contributed by atoms with van der Waals surface area (Å²) < 4.78 is 1140. The van der Waals surface area contributed by atoms with E-state index < -0.39 is 243 Å². The molecule has 0 aromatic rings. The van der Waals surface area contributed by atoms with Gasteiger partial charge in [-0.2, -0.15) is 365 Å². The van der Waals surface area contributed by atoms with Crippen molar-refractivity contribution in [2.45, 2.75) is 238 Å². The van der Waals surface area contributed by atoms with E-state index in [0.29, 0.717) is 0 Å². The Kier molecular flexibility index (Phi) is 26.6. The van der Waals surface area contributed by atoms with Gasteiger partial charge in [-0.05, 0) is 0 Å². The summed E-state index contributed by atoms with van der Waals surface area (Å²) in [5.74, 6) is -392. The molecule has 0 aliphatic rings. The summed E-state index contributed by atoms with van der Waals surface area (Å²) in [5.41, 5.74) is 0. The molecule has 0 aromatic heterocycles. The van der Waals surface area contributed by atoms with Crippen molar-refractivity contribution in [3.05, 3.63) is 0 Å². The minimum absolute atomic E-state index is 3.74. The minimum atomic E-state index is -11.4. The maximum atomic E-state index is 14.4. The van der Waals surface area contributed by atoms with Gasteiger partial charge >= 0.3 is 238 Å². The summed E-state index contributed by atoms with van der Waals surface area (Å²) in [6, 6.07) is -20.9. The number of rotatable bonds is 38. The van der Waals surface area contributed by atoms with E-state index in [4.69, 9.17) is 0 Å². The van der Waals surface area contributed by atoms with Crippen LogP contribution in [0.2, 0.25) is 0 Å². The summed E-state index contributed by atoms with van der Waals surface area (Å²) in [4.78, 5) is 0. The highest BCUT2D eigenvalue weighted by molar-refractivity contribution is 5.27. The molecule has 0 fully saturated rings. The Bertz CT molecular complexity index is 3520. The van der Waals surface area contributed by atoms with E-state index >= 15 is 0 Å². The molecule has 1 N–H and O–H groups in total. The summed E-state index contributed by atoms with van der Waals surface area (Å²) in [7, 11) is 0.